The minimum atomic E-state index is -0.487. The Hall–Kier alpha value is -0.630. The predicted octanol–water partition coefficient (Wildman–Crippen LogP) is 3.09. The molecule has 0 amide bonds. The highest BCUT2D eigenvalue weighted by Gasteiger charge is 2.10. The van der Waals surface area contributed by atoms with Crippen molar-refractivity contribution in [2.75, 3.05) is 0 Å². The Bertz CT molecular complexity index is 472. The predicted molar refractivity (Wildman–Crippen MR) is 58.0 cm³/mol. The molecule has 0 unspecified atom stereocenters. The lowest BCUT2D eigenvalue weighted by atomic mass is 10.2. The van der Waals surface area contributed by atoms with Gasteiger partial charge in [0, 0.05) is 22.6 Å². The van der Waals surface area contributed by atoms with E-state index >= 15 is 0 Å². The first-order valence-corrected chi connectivity index (χ1v) is 5.46. The molecule has 72 valence electrons. The summed E-state index contributed by atoms with van der Waals surface area (Å²) < 4.78 is 30.5. The lowest BCUT2D eigenvalue weighted by molar-refractivity contribution is 0.603. The van der Waals surface area contributed by atoms with E-state index in [0.29, 0.717) is 8.84 Å². The largest absolute Gasteiger partial charge is 0.209 e. The lowest BCUT2D eigenvalue weighted by Gasteiger charge is -1.97. The van der Waals surface area contributed by atoms with E-state index in [1.807, 2.05) is 22.6 Å². The van der Waals surface area contributed by atoms with Gasteiger partial charge in [-0.3, -0.25) is 0 Å². The van der Waals surface area contributed by atoms with Gasteiger partial charge in [-0.15, -0.1) is 0 Å². The van der Waals surface area contributed by atoms with Crippen molar-refractivity contribution in [3.63, 3.8) is 0 Å². The van der Waals surface area contributed by atoms with Crippen LogP contribution in [0.25, 0.3) is 10.6 Å². The third-order valence-corrected chi connectivity index (χ3v) is 3.12. The molecule has 0 spiro atoms. The molecule has 0 saturated heterocycles. The van der Waals surface area contributed by atoms with E-state index in [-0.39, 0.29) is 5.56 Å². The molecule has 0 radical (unpaired) electrons. The molecule has 0 aliphatic rings. The van der Waals surface area contributed by atoms with Crippen molar-refractivity contribution in [1.29, 1.82) is 0 Å². The molecule has 0 fully saturated rings. The molecule has 2 aromatic rings. The number of benzene rings is 1. The smallest absolute Gasteiger partial charge is 0.203 e. The Labute approximate surface area is 96.3 Å². The van der Waals surface area contributed by atoms with Crippen LogP contribution in [0.4, 0.5) is 8.78 Å². The molecular formula is C8H3F2IN2S. The second-order valence-corrected chi connectivity index (χ2v) is 4.21. The van der Waals surface area contributed by atoms with Crippen LogP contribution < -0.4 is 0 Å². The minimum Gasteiger partial charge on any atom is -0.209 e. The molecule has 0 N–H and O–H groups in total. The van der Waals surface area contributed by atoms with Gasteiger partial charge in [0.2, 0.25) is 3.83 Å². The van der Waals surface area contributed by atoms with Crippen LogP contribution in [0, 0.1) is 15.5 Å². The van der Waals surface area contributed by atoms with Gasteiger partial charge in [0.15, 0.2) is 0 Å². The molecule has 1 aromatic heterocycles. The Kier molecular flexibility index (Phi) is 2.73. The fourth-order valence-electron chi connectivity index (χ4n) is 0.976. The van der Waals surface area contributed by atoms with E-state index in [4.69, 9.17) is 0 Å². The molecule has 14 heavy (non-hydrogen) atoms. The highest BCUT2D eigenvalue weighted by atomic mass is 127. The van der Waals surface area contributed by atoms with Crippen LogP contribution in [0.2, 0.25) is 0 Å². The van der Waals surface area contributed by atoms with Gasteiger partial charge in [0.1, 0.15) is 16.6 Å². The van der Waals surface area contributed by atoms with Gasteiger partial charge in [-0.05, 0) is 29.7 Å². The van der Waals surface area contributed by atoms with E-state index in [9.17, 15) is 8.78 Å². The summed E-state index contributed by atoms with van der Waals surface area (Å²) in [6.07, 6.45) is 0. The van der Waals surface area contributed by atoms with Gasteiger partial charge >= 0.3 is 0 Å². The molecule has 0 bridgehead atoms. The number of hydrogen-bond donors (Lipinski definition) is 0. The molecule has 2 rings (SSSR count). The van der Waals surface area contributed by atoms with Crippen molar-refractivity contribution in [2.45, 2.75) is 0 Å². The van der Waals surface area contributed by atoms with E-state index in [1.54, 1.807) is 0 Å². The van der Waals surface area contributed by atoms with E-state index in [0.717, 1.165) is 29.7 Å². The molecule has 0 aliphatic heterocycles. The van der Waals surface area contributed by atoms with E-state index in [1.165, 1.54) is 0 Å². The summed E-state index contributed by atoms with van der Waals surface area (Å²) in [5.74, 6) is -0.967. The zero-order valence-electron chi connectivity index (χ0n) is 6.67. The van der Waals surface area contributed by atoms with E-state index < -0.39 is 11.6 Å². The van der Waals surface area contributed by atoms with Crippen LogP contribution in [0.3, 0.4) is 0 Å². The highest BCUT2D eigenvalue weighted by molar-refractivity contribution is 14.1. The molecule has 2 nitrogen and oxygen atoms in total. The summed E-state index contributed by atoms with van der Waals surface area (Å²) >= 11 is 2.97. The van der Waals surface area contributed by atoms with Crippen molar-refractivity contribution < 1.29 is 8.78 Å². The summed E-state index contributed by atoms with van der Waals surface area (Å²) in [5, 5.41) is 0.395. The van der Waals surface area contributed by atoms with Gasteiger partial charge in [-0.2, -0.15) is 4.37 Å². The number of nitrogens with zero attached hydrogens (tertiary/aromatic N) is 2. The second kappa shape index (κ2) is 3.85. The molecule has 0 saturated carbocycles. The Morgan fingerprint density at radius 1 is 1.29 bits per heavy atom. The first kappa shape index (κ1) is 9.91. The van der Waals surface area contributed by atoms with Gasteiger partial charge in [-0.1, -0.05) is 0 Å². The second-order valence-electron chi connectivity index (χ2n) is 2.49. The maximum absolute atomic E-state index is 13.2. The summed E-state index contributed by atoms with van der Waals surface area (Å²) in [6.45, 7) is 0. The van der Waals surface area contributed by atoms with Crippen molar-refractivity contribution >= 4 is 34.1 Å². The van der Waals surface area contributed by atoms with Crippen molar-refractivity contribution in [2.24, 2.45) is 0 Å². The maximum atomic E-state index is 13.2. The third kappa shape index (κ3) is 1.90. The first-order chi connectivity index (χ1) is 6.66. The van der Waals surface area contributed by atoms with Gasteiger partial charge < -0.3 is 0 Å². The summed E-state index contributed by atoms with van der Waals surface area (Å²) in [6, 6.07) is 3.27. The molecule has 6 heteroatoms. The van der Waals surface area contributed by atoms with Gasteiger partial charge in [-0.25, -0.2) is 13.8 Å². The van der Waals surface area contributed by atoms with Crippen LogP contribution in [0.15, 0.2) is 18.2 Å². The fourth-order valence-corrected chi connectivity index (χ4v) is 2.26. The van der Waals surface area contributed by atoms with E-state index in [2.05, 4.69) is 9.36 Å². The fraction of sp³-hybridized carbons (Fsp3) is 0. The van der Waals surface area contributed by atoms with Crippen LogP contribution in [0.1, 0.15) is 0 Å². The van der Waals surface area contributed by atoms with Crippen molar-refractivity contribution in [1.82, 2.24) is 9.36 Å². The number of aromatic nitrogens is 2. The molecular weight excluding hydrogens is 321 g/mol. The highest BCUT2D eigenvalue weighted by Crippen LogP contribution is 2.25. The van der Waals surface area contributed by atoms with Crippen molar-refractivity contribution in [3.8, 4) is 10.6 Å². The van der Waals surface area contributed by atoms with Crippen LogP contribution in [-0.4, -0.2) is 9.36 Å². The molecule has 0 aliphatic carbocycles. The zero-order valence-corrected chi connectivity index (χ0v) is 9.64. The van der Waals surface area contributed by atoms with Crippen molar-refractivity contribution in [3.05, 3.63) is 33.7 Å². The summed E-state index contributed by atoms with van der Waals surface area (Å²) in [4.78, 5) is 3.97. The van der Waals surface area contributed by atoms with Crippen LogP contribution >= 0.6 is 34.1 Å². The minimum absolute atomic E-state index is 0.158. The third-order valence-electron chi connectivity index (χ3n) is 1.56. The average molecular weight is 324 g/mol. The first-order valence-electron chi connectivity index (χ1n) is 3.61. The molecule has 1 heterocycles. The normalized spacial score (nSPS) is 10.5. The SMILES string of the molecule is Fc1ccc(F)c(-c2nc(I)ns2)c1. The topological polar surface area (TPSA) is 25.8 Å². The van der Waals surface area contributed by atoms with Crippen LogP contribution in [-0.2, 0) is 0 Å². The summed E-state index contributed by atoms with van der Waals surface area (Å²) in [5.41, 5.74) is 0.158. The quantitative estimate of drug-likeness (QED) is 0.754. The molecule has 1 aromatic carbocycles. The Morgan fingerprint density at radius 3 is 2.71 bits per heavy atom. The Morgan fingerprint density at radius 2 is 2.07 bits per heavy atom. The number of hydrogen-bond acceptors (Lipinski definition) is 3. The molecule has 0 atom stereocenters. The van der Waals surface area contributed by atoms with Crippen LogP contribution in [0.5, 0.6) is 0 Å². The standard InChI is InChI=1S/C8H3F2IN2S/c9-4-1-2-6(10)5(3-4)7-12-8(11)13-14-7/h1-3H. The van der Waals surface area contributed by atoms with Gasteiger partial charge in [0.05, 0.1) is 5.56 Å². The monoisotopic (exact) mass is 324 g/mol. The van der Waals surface area contributed by atoms with Gasteiger partial charge in [0.25, 0.3) is 0 Å². The lowest BCUT2D eigenvalue weighted by Crippen LogP contribution is -1.85. The summed E-state index contributed by atoms with van der Waals surface area (Å²) in [7, 11) is 0. The average Bonchev–Trinajstić information content (AvgIpc) is 2.56. The number of halogens is 3. The maximum Gasteiger partial charge on any atom is 0.203 e. The Balaban J connectivity index is 2.55. The zero-order chi connectivity index (χ0) is 10.1. The number of rotatable bonds is 1.